The molecule has 0 saturated heterocycles. The summed E-state index contributed by atoms with van der Waals surface area (Å²) in [4.78, 5) is 0.322. The van der Waals surface area contributed by atoms with Gasteiger partial charge in [0.2, 0.25) is 5.89 Å². The van der Waals surface area contributed by atoms with E-state index in [0.29, 0.717) is 17.4 Å². The number of aromatic nitrogens is 2. The van der Waals surface area contributed by atoms with Crippen LogP contribution in [-0.4, -0.2) is 16.9 Å². The molecule has 0 atom stereocenters. The van der Waals surface area contributed by atoms with E-state index in [1.807, 2.05) is 36.4 Å². The SMILES string of the molecule is COc1ccccc1NCn1nc(-c2ccc(C(C)(C)C)cc2)oc1=S. The van der Waals surface area contributed by atoms with Crippen LogP contribution in [0.5, 0.6) is 5.75 Å². The predicted octanol–water partition coefficient (Wildman–Crippen LogP) is 5.25. The molecular weight excluding hydrogens is 346 g/mol. The first-order valence-corrected chi connectivity index (χ1v) is 8.85. The lowest BCUT2D eigenvalue weighted by Crippen LogP contribution is -2.11. The van der Waals surface area contributed by atoms with Gasteiger partial charge >= 0.3 is 0 Å². The Hall–Kier alpha value is -2.60. The first kappa shape index (κ1) is 18.2. The number of hydrogen-bond donors (Lipinski definition) is 1. The van der Waals surface area contributed by atoms with Gasteiger partial charge in [0.1, 0.15) is 12.4 Å². The molecule has 0 amide bonds. The van der Waals surface area contributed by atoms with Gasteiger partial charge < -0.3 is 14.5 Å². The predicted molar refractivity (Wildman–Crippen MR) is 106 cm³/mol. The van der Waals surface area contributed by atoms with Gasteiger partial charge in [-0.15, -0.1) is 5.10 Å². The lowest BCUT2D eigenvalue weighted by molar-refractivity contribution is 0.415. The molecule has 136 valence electrons. The van der Waals surface area contributed by atoms with Crippen molar-refractivity contribution in [2.75, 3.05) is 12.4 Å². The average Bonchev–Trinajstić information content (AvgIpc) is 3.00. The summed E-state index contributed by atoms with van der Waals surface area (Å²) in [5.74, 6) is 1.28. The van der Waals surface area contributed by atoms with Crippen LogP contribution in [0.15, 0.2) is 52.9 Å². The normalized spacial score (nSPS) is 11.4. The molecule has 0 fully saturated rings. The van der Waals surface area contributed by atoms with E-state index in [0.717, 1.165) is 17.0 Å². The molecule has 0 aliphatic heterocycles. The van der Waals surface area contributed by atoms with Crippen LogP contribution in [-0.2, 0) is 12.1 Å². The van der Waals surface area contributed by atoms with E-state index >= 15 is 0 Å². The monoisotopic (exact) mass is 369 g/mol. The average molecular weight is 369 g/mol. The molecule has 1 N–H and O–H groups in total. The zero-order chi connectivity index (χ0) is 18.7. The second-order valence-corrected chi connectivity index (χ2v) is 7.38. The van der Waals surface area contributed by atoms with E-state index in [2.05, 4.69) is 43.3 Å². The van der Waals surface area contributed by atoms with Crippen molar-refractivity contribution in [3.05, 3.63) is 58.9 Å². The Morgan fingerprint density at radius 2 is 1.81 bits per heavy atom. The lowest BCUT2D eigenvalue weighted by atomic mass is 9.87. The molecule has 0 saturated carbocycles. The van der Waals surface area contributed by atoms with Gasteiger partial charge in [0.05, 0.1) is 12.8 Å². The van der Waals surface area contributed by atoms with Gasteiger partial charge in [-0.3, -0.25) is 0 Å². The second-order valence-electron chi connectivity index (χ2n) is 7.04. The molecule has 3 aromatic rings. The van der Waals surface area contributed by atoms with Gasteiger partial charge in [0.25, 0.3) is 4.84 Å². The van der Waals surface area contributed by atoms with Crippen molar-refractivity contribution in [2.24, 2.45) is 0 Å². The summed E-state index contributed by atoms with van der Waals surface area (Å²) in [6.45, 7) is 6.95. The lowest BCUT2D eigenvalue weighted by Gasteiger charge is -2.18. The van der Waals surface area contributed by atoms with Crippen LogP contribution in [0.25, 0.3) is 11.5 Å². The maximum absolute atomic E-state index is 5.67. The molecule has 0 unspecified atom stereocenters. The minimum atomic E-state index is 0.108. The number of methoxy groups -OCH3 is 1. The zero-order valence-corrected chi connectivity index (χ0v) is 16.3. The van der Waals surface area contributed by atoms with Gasteiger partial charge in [0, 0.05) is 5.56 Å². The van der Waals surface area contributed by atoms with Crippen LogP contribution in [0.4, 0.5) is 5.69 Å². The summed E-state index contributed by atoms with van der Waals surface area (Å²) in [6, 6.07) is 15.9. The van der Waals surface area contributed by atoms with Crippen molar-refractivity contribution in [1.82, 2.24) is 9.78 Å². The number of rotatable bonds is 5. The summed E-state index contributed by atoms with van der Waals surface area (Å²) in [7, 11) is 1.64. The van der Waals surface area contributed by atoms with E-state index in [-0.39, 0.29) is 5.41 Å². The number of hydrogen-bond acceptors (Lipinski definition) is 5. The van der Waals surface area contributed by atoms with E-state index in [4.69, 9.17) is 21.4 Å². The maximum Gasteiger partial charge on any atom is 0.289 e. The first-order valence-electron chi connectivity index (χ1n) is 8.44. The first-order chi connectivity index (χ1) is 12.4. The zero-order valence-electron chi connectivity index (χ0n) is 15.4. The highest BCUT2D eigenvalue weighted by Gasteiger charge is 2.14. The maximum atomic E-state index is 5.67. The Morgan fingerprint density at radius 1 is 1.12 bits per heavy atom. The number of para-hydroxylation sites is 2. The molecule has 1 aromatic heterocycles. The van der Waals surface area contributed by atoms with Crippen LogP contribution in [0.2, 0.25) is 0 Å². The third kappa shape index (κ3) is 3.96. The highest BCUT2D eigenvalue weighted by molar-refractivity contribution is 7.71. The van der Waals surface area contributed by atoms with Gasteiger partial charge in [0.15, 0.2) is 0 Å². The molecule has 0 aliphatic carbocycles. The summed E-state index contributed by atoms with van der Waals surface area (Å²) >= 11 is 5.30. The number of ether oxygens (including phenoxy) is 1. The molecule has 0 radical (unpaired) electrons. The van der Waals surface area contributed by atoms with Crippen LogP contribution in [0.1, 0.15) is 26.3 Å². The fourth-order valence-electron chi connectivity index (χ4n) is 2.59. The Bertz CT molecular complexity index is 937. The van der Waals surface area contributed by atoms with Crippen molar-refractivity contribution in [3.8, 4) is 17.2 Å². The van der Waals surface area contributed by atoms with Crippen molar-refractivity contribution >= 4 is 17.9 Å². The van der Waals surface area contributed by atoms with Crippen LogP contribution in [0.3, 0.4) is 0 Å². The Kier molecular flexibility index (Phi) is 5.13. The molecule has 0 aliphatic rings. The molecular formula is C20H23N3O2S. The molecule has 0 spiro atoms. The molecule has 1 heterocycles. The minimum absolute atomic E-state index is 0.108. The molecule has 26 heavy (non-hydrogen) atoms. The van der Waals surface area contributed by atoms with Gasteiger partial charge in [-0.2, -0.15) is 0 Å². The molecule has 2 aromatic carbocycles. The van der Waals surface area contributed by atoms with E-state index in [9.17, 15) is 0 Å². The smallest absolute Gasteiger partial charge is 0.289 e. The Labute approximate surface area is 158 Å². The van der Waals surface area contributed by atoms with Crippen molar-refractivity contribution in [1.29, 1.82) is 0 Å². The summed E-state index contributed by atoms with van der Waals surface area (Å²) in [5, 5.41) is 7.75. The Balaban J connectivity index is 1.78. The van der Waals surface area contributed by atoms with E-state index < -0.39 is 0 Å². The molecule has 5 nitrogen and oxygen atoms in total. The fraction of sp³-hybridized carbons (Fsp3) is 0.300. The quantitative estimate of drug-likeness (QED) is 0.623. The van der Waals surface area contributed by atoms with Gasteiger partial charge in [-0.1, -0.05) is 45.0 Å². The fourth-order valence-corrected chi connectivity index (χ4v) is 2.77. The highest BCUT2D eigenvalue weighted by atomic mass is 32.1. The number of nitrogens with one attached hydrogen (secondary N) is 1. The molecule has 0 bridgehead atoms. The third-order valence-corrected chi connectivity index (χ3v) is 4.42. The van der Waals surface area contributed by atoms with Gasteiger partial charge in [-0.25, -0.2) is 4.68 Å². The van der Waals surface area contributed by atoms with Gasteiger partial charge in [-0.05, 0) is 47.5 Å². The largest absolute Gasteiger partial charge is 0.495 e. The van der Waals surface area contributed by atoms with Crippen LogP contribution in [0, 0.1) is 4.84 Å². The summed E-state index contributed by atoms with van der Waals surface area (Å²) < 4.78 is 12.6. The van der Waals surface area contributed by atoms with E-state index in [1.54, 1.807) is 11.8 Å². The van der Waals surface area contributed by atoms with E-state index in [1.165, 1.54) is 5.56 Å². The molecule has 6 heteroatoms. The van der Waals surface area contributed by atoms with Crippen molar-refractivity contribution in [2.45, 2.75) is 32.9 Å². The number of anilines is 1. The second kappa shape index (κ2) is 7.33. The standard InChI is InChI=1S/C20H23N3O2S/c1-20(2,3)15-11-9-14(10-12-15)18-22-23(19(26)25-18)13-21-16-7-5-6-8-17(16)24-4/h5-12,21H,13H2,1-4H3. The third-order valence-electron chi connectivity index (χ3n) is 4.13. The van der Waals surface area contributed by atoms with Crippen molar-refractivity contribution in [3.63, 3.8) is 0 Å². The summed E-state index contributed by atoms with van der Waals surface area (Å²) in [6.07, 6.45) is 0. The van der Waals surface area contributed by atoms with Crippen molar-refractivity contribution < 1.29 is 9.15 Å². The molecule has 3 rings (SSSR count). The van der Waals surface area contributed by atoms with Crippen LogP contribution < -0.4 is 10.1 Å². The number of nitrogens with zero attached hydrogens (tertiary/aromatic N) is 2. The number of benzene rings is 2. The van der Waals surface area contributed by atoms with Crippen LogP contribution >= 0.6 is 12.2 Å². The highest BCUT2D eigenvalue weighted by Crippen LogP contribution is 2.26. The topological polar surface area (TPSA) is 52.2 Å². The minimum Gasteiger partial charge on any atom is -0.495 e. The summed E-state index contributed by atoms with van der Waals surface area (Å²) in [5.41, 5.74) is 3.14. The Morgan fingerprint density at radius 3 is 2.46 bits per heavy atom.